The van der Waals surface area contributed by atoms with Crippen molar-refractivity contribution in [2.75, 3.05) is 4.72 Å². The Labute approximate surface area is 153 Å². The standard InChI is InChI=1S/C21H21NO3S/c23-26(24,21-14-9-16-5-1-2-6-17(16)15-21)22-18-10-12-20(13-11-18)25-19-7-3-4-8-19/h1-2,5-6,9-15,19,22H,3-4,7-8H2. The molecule has 5 heteroatoms. The summed E-state index contributed by atoms with van der Waals surface area (Å²) in [5.74, 6) is 0.783. The Hall–Kier alpha value is -2.53. The molecule has 0 unspecified atom stereocenters. The van der Waals surface area contributed by atoms with Crippen molar-refractivity contribution in [3.05, 3.63) is 66.7 Å². The van der Waals surface area contributed by atoms with Crippen LogP contribution in [-0.4, -0.2) is 14.5 Å². The second-order valence-corrected chi connectivity index (χ2v) is 8.35. The van der Waals surface area contributed by atoms with Gasteiger partial charge in [0.1, 0.15) is 5.75 Å². The fraction of sp³-hybridized carbons (Fsp3) is 0.238. The number of nitrogens with one attached hydrogen (secondary N) is 1. The van der Waals surface area contributed by atoms with Crippen LogP contribution < -0.4 is 9.46 Å². The van der Waals surface area contributed by atoms with Crippen molar-refractivity contribution >= 4 is 26.5 Å². The van der Waals surface area contributed by atoms with E-state index in [2.05, 4.69) is 4.72 Å². The maximum absolute atomic E-state index is 12.7. The Kier molecular flexibility index (Phi) is 4.55. The average molecular weight is 367 g/mol. The Morgan fingerprint density at radius 3 is 2.27 bits per heavy atom. The summed E-state index contributed by atoms with van der Waals surface area (Å²) in [6.07, 6.45) is 4.91. The first-order valence-corrected chi connectivity index (χ1v) is 10.4. The van der Waals surface area contributed by atoms with Crippen LogP contribution in [0.3, 0.4) is 0 Å². The molecule has 0 radical (unpaired) electrons. The molecule has 0 aliphatic heterocycles. The molecule has 1 saturated carbocycles. The van der Waals surface area contributed by atoms with Gasteiger partial charge in [0.15, 0.2) is 0 Å². The highest BCUT2D eigenvalue weighted by Crippen LogP contribution is 2.26. The third-order valence-electron chi connectivity index (χ3n) is 4.74. The number of rotatable bonds is 5. The van der Waals surface area contributed by atoms with Crippen LogP contribution in [0.1, 0.15) is 25.7 Å². The molecule has 0 atom stereocenters. The molecule has 4 rings (SSSR count). The van der Waals surface area contributed by atoms with E-state index < -0.39 is 10.0 Å². The molecule has 1 aliphatic rings. The van der Waals surface area contributed by atoms with Crippen molar-refractivity contribution in [1.29, 1.82) is 0 Å². The van der Waals surface area contributed by atoms with Gasteiger partial charge in [-0.25, -0.2) is 8.42 Å². The molecular weight excluding hydrogens is 346 g/mol. The van der Waals surface area contributed by atoms with E-state index in [-0.39, 0.29) is 11.0 Å². The van der Waals surface area contributed by atoms with E-state index in [9.17, 15) is 8.42 Å². The van der Waals surface area contributed by atoms with Crippen LogP contribution in [0.4, 0.5) is 5.69 Å². The summed E-state index contributed by atoms with van der Waals surface area (Å²) in [5.41, 5.74) is 0.525. The first-order valence-electron chi connectivity index (χ1n) is 8.88. The summed E-state index contributed by atoms with van der Waals surface area (Å²) in [5, 5.41) is 1.91. The Bertz CT molecular complexity index is 1010. The van der Waals surface area contributed by atoms with E-state index in [0.717, 1.165) is 29.4 Å². The number of hydrogen-bond acceptors (Lipinski definition) is 3. The monoisotopic (exact) mass is 367 g/mol. The lowest BCUT2D eigenvalue weighted by Gasteiger charge is -2.14. The molecule has 0 amide bonds. The second kappa shape index (κ2) is 7.00. The normalized spacial score (nSPS) is 15.2. The molecule has 0 aromatic heterocycles. The topological polar surface area (TPSA) is 55.4 Å². The van der Waals surface area contributed by atoms with Crippen LogP contribution in [0, 0.1) is 0 Å². The number of ether oxygens (including phenoxy) is 1. The average Bonchev–Trinajstić information content (AvgIpc) is 3.16. The number of hydrogen-bond donors (Lipinski definition) is 1. The van der Waals surface area contributed by atoms with Crippen molar-refractivity contribution in [1.82, 2.24) is 0 Å². The molecule has 3 aromatic carbocycles. The number of anilines is 1. The van der Waals surface area contributed by atoms with Gasteiger partial charge >= 0.3 is 0 Å². The third kappa shape index (κ3) is 3.68. The zero-order chi connectivity index (χ0) is 18.0. The quantitative estimate of drug-likeness (QED) is 0.693. The Morgan fingerprint density at radius 1 is 0.846 bits per heavy atom. The lowest BCUT2D eigenvalue weighted by molar-refractivity contribution is 0.210. The van der Waals surface area contributed by atoms with Crippen molar-refractivity contribution in [2.45, 2.75) is 36.7 Å². The van der Waals surface area contributed by atoms with Gasteiger partial charge in [-0.15, -0.1) is 0 Å². The number of sulfonamides is 1. The van der Waals surface area contributed by atoms with Crippen LogP contribution in [0.25, 0.3) is 10.8 Å². The van der Waals surface area contributed by atoms with Gasteiger partial charge in [-0.3, -0.25) is 4.72 Å². The molecule has 0 saturated heterocycles. The highest BCUT2D eigenvalue weighted by Gasteiger charge is 2.17. The number of benzene rings is 3. The summed E-state index contributed by atoms with van der Waals surface area (Å²) in [6, 6.07) is 19.9. The maximum Gasteiger partial charge on any atom is 0.261 e. The van der Waals surface area contributed by atoms with Crippen LogP contribution in [0.2, 0.25) is 0 Å². The predicted molar refractivity (Wildman–Crippen MR) is 104 cm³/mol. The lowest BCUT2D eigenvalue weighted by Crippen LogP contribution is -2.13. The van der Waals surface area contributed by atoms with Gasteiger partial charge in [0.2, 0.25) is 0 Å². The minimum atomic E-state index is -3.63. The van der Waals surface area contributed by atoms with E-state index in [1.807, 2.05) is 42.5 Å². The molecule has 0 spiro atoms. The lowest BCUT2D eigenvalue weighted by atomic mass is 10.1. The van der Waals surface area contributed by atoms with Crippen molar-refractivity contribution in [3.8, 4) is 5.75 Å². The van der Waals surface area contributed by atoms with E-state index in [1.165, 1.54) is 12.8 Å². The van der Waals surface area contributed by atoms with E-state index >= 15 is 0 Å². The smallest absolute Gasteiger partial charge is 0.261 e. The highest BCUT2D eigenvalue weighted by atomic mass is 32.2. The van der Waals surface area contributed by atoms with Gasteiger partial charge in [-0.2, -0.15) is 0 Å². The van der Waals surface area contributed by atoms with Crippen molar-refractivity contribution in [2.24, 2.45) is 0 Å². The Morgan fingerprint density at radius 2 is 1.54 bits per heavy atom. The fourth-order valence-electron chi connectivity index (χ4n) is 3.35. The minimum Gasteiger partial charge on any atom is -0.490 e. The third-order valence-corrected chi connectivity index (χ3v) is 6.12. The van der Waals surface area contributed by atoms with E-state index in [4.69, 9.17) is 4.74 Å². The maximum atomic E-state index is 12.7. The highest BCUT2D eigenvalue weighted by molar-refractivity contribution is 7.92. The molecular formula is C21H21NO3S. The van der Waals surface area contributed by atoms with Gasteiger partial charge in [0.25, 0.3) is 10.0 Å². The summed E-state index contributed by atoms with van der Waals surface area (Å²) in [6.45, 7) is 0. The van der Waals surface area contributed by atoms with Gasteiger partial charge in [-0.1, -0.05) is 30.3 Å². The molecule has 1 fully saturated rings. The summed E-state index contributed by atoms with van der Waals surface area (Å²) in [4.78, 5) is 0.252. The summed E-state index contributed by atoms with van der Waals surface area (Å²) in [7, 11) is -3.63. The van der Waals surface area contributed by atoms with Crippen molar-refractivity contribution < 1.29 is 13.2 Å². The largest absolute Gasteiger partial charge is 0.490 e. The van der Waals surface area contributed by atoms with Gasteiger partial charge in [0, 0.05) is 5.69 Å². The Balaban J connectivity index is 1.51. The molecule has 4 nitrogen and oxygen atoms in total. The van der Waals surface area contributed by atoms with Crippen LogP contribution >= 0.6 is 0 Å². The van der Waals surface area contributed by atoms with Crippen molar-refractivity contribution in [3.63, 3.8) is 0 Å². The van der Waals surface area contributed by atoms with E-state index in [1.54, 1.807) is 24.3 Å². The zero-order valence-corrected chi connectivity index (χ0v) is 15.2. The molecule has 0 heterocycles. The SMILES string of the molecule is O=S(=O)(Nc1ccc(OC2CCCC2)cc1)c1ccc2ccccc2c1. The number of fused-ring (bicyclic) bond motifs is 1. The first kappa shape index (κ1) is 16.9. The predicted octanol–water partition coefficient (Wildman–Crippen LogP) is 4.96. The second-order valence-electron chi connectivity index (χ2n) is 6.66. The van der Waals surface area contributed by atoms with Crippen LogP contribution in [0.5, 0.6) is 5.75 Å². The summed E-state index contributed by atoms with van der Waals surface area (Å²) < 4.78 is 33.9. The zero-order valence-electron chi connectivity index (χ0n) is 14.4. The minimum absolute atomic E-state index is 0.252. The molecule has 134 valence electrons. The molecule has 0 bridgehead atoms. The molecule has 1 aliphatic carbocycles. The van der Waals surface area contributed by atoms with Crippen LogP contribution in [-0.2, 0) is 10.0 Å². The molecule has 3 aromatic rings. The molecule has 1 N–H and O–H groups in total. The van der Waals surface area contributed by atoms with Gasteiger partial charge < -0.3 is 4.74 Å². The molecule has 26 heavy (non-hydrogen) atoms. The van der Waals surface area contributed by atoms with Gasteiger partial charge in [0.05, 0.1) is 11.0 Å². The first-order chi connectivity index (χ1) is 12.6. The van der Waals surface area contributed by atoms with Gasteiger partial charge in [-0.05, 0) is 72.9 Å². The van der Waals surface area contributed by atoms with Crippen LogP contribution in [0.15, 0.2) is 71.6 Å². The summed E-state index contributed by atoms with van der Waals surface area (Å²) >= 11 is 0. The fourth-order valence-corrected chi connectivity index (χ4v) is 4.44. The van der Waals surface area contributed by atoms with E-state index in [0.29, 0.717) is 5.69 Å².